The van der Waals surface area contributed by atoms with Gasteiger partial charge in [-0.3, -0.25) is 0 Å². The molecule has 1 heterocycles. The van der Waals surface area contributed by atoms with Gasteiger partial charge in [-0.1, -0.05) is 6.42 Å². The molecule has 2 N–H and O–H groups in total. The normalized spacial score (nSPS) is 29.3. The van der Waals surface area contributed by atoms with Crippen molar-refractivity contribution in [1.29, 1.82) is 0 Å². The molecule has 2 aliphatic carbocycles. The predicted molar refractivity (Wildman–Crippen MR) is 77.6 cm³/mol. The standard InChI is InChI=1S/C14H19N3S/c1-9-4-5-15-13(6-9)17-14(18)16-12-8-10-2-3-11(12)7-10/h4-6,10-12H,2-3,7-8H2,1H3,(H2,15,16,17,18)/t10-,11-,12-/m0/s1. The molecule has 2 fully saturated rings. The van der Waals surface area contributed by atoms with Crippen LogP contribution in [0, 0.1) is 18.8 Å². The fraction of sp³-hybridized carbons (Fsp3) is 0.571. The number of hydrogen-bond donors (Lipinski definition) is 2. The van der Waals surface area contributed by atoms with Crippen molar-refractivity contribution < 1.29 is 0 Å². The molecular formula is C14H19N3S. The lowest BCUT2D eigenvalue weighted by Crippen LogP contribution is -2.40. The molecule has 1 aromatic heterocycles. The van der Waals surface area contributed by atoms with Crippen LogP contribution in [0.1, 0.15) is 31.2 Å². The van der Waals surface area contributed by atoms with Gasteiger partial charge >= 0.3 is 0 Å². The molecule has 0 aromatic carbocycles. The Morgan fingerprint density at radius 1 is 1.39 bits per heavy atom. The smallest absolute Gasteiger partial charge is 0.172 e. The maximum atomic E-state index is 5.37. The Morgan fingerprint density at radius 3 is 2.94 bits per heavy atom. The monoisotopic (exact) mass is 261 g/mol. The number of thiocarbonyl (C=S) groups is 1. The number of nitrogens with zero attached hydrogens (tertiary/aromatic N) is 1. The van der Waals surface area contributed by atoms with E-state index in [1.165, 1.54) is 31.2 Å². The minimum absolute atomic E-state index is 0.577. The molecule has 3 rings (SSSR count). The fourth-order valence-electron chi connectivity index (χ4n) is 3.35. The highest BCUT2D eigenvalue weighted by Gasteiger charge is 2.39. The number of rotatable bonds is 2. The van der Waals surface area contributed by atoms with Crippen LogP contribution in [0.25, 0.3) is 0 Å². The van der Waals surface area contributed by atoms with Gasteiger partial charge in [0.1, 0.15) is 5.82 Å². The molecule has 18 heavy (non-hydrogen) atoms. The van der Waals surface area contributed by atoms with Gasteiger partial charge in [0.05, 0.1) is 0 Å². The second kappa shape index (κ2) is 4.84. The summed E-state index contributed by atoms with van der Waals surface area (Å²) in [5.74, 6) is 2.60. The van der Waals surface area contributed by atoms with Gasteiger partial charge in [0.2, 0.25) is 0 Å². The second-order valence-electron chi connectivity index (χ2n) is 5.60. The van der Waals surface area contributed by atoms with Gasteiger partial charge in [0, 0.05) is 12.2 Å². The molecule has 0 amide bonds. The number of aryl methyl sites for hydroxylation is 1. The van der Waals surface area contributed by atoms with E-state index in [1.54, 1.807) is 6.20 Å². The Kier molecular flexibility index (Phi) is 3.20. The Hall–Kier alpha value is -1.16. The number of hydrogen-bond acceptors (Lipinski definition) is 2. The van der Waals surface area contributed by atoms with Crippen molar-refractivity contribution in [3.8, 4) is 0 Å². The summed E-state index contributed by atoms with van der Waals surface area (Å²) in [6, 6.07) is 4.57. The number of nitrogens with one attached hydrogen (secondary N) is 2. The molecule has 4 heteroatoms. The number of aromatic nitrogens is 1. The summed E-state index contributed by atoms with van der Waals surface area (Å²) < 4.78 is 0. The van der Waals surface area contributed by atoms with Crippen LogP contribution in [0.4, 0.5) is 5.82 Å². The van der Waals surface area contributed by atoms with Gasteiger partial charge < -0.3 is 10.6 Å². The third-order valence-corrected chi connectivity index (χ3v) is 4.43. The van der Waals surface area contributed by atoms with Crippen molar-refractivity contribution in [2.75, 3.05) is 5.32 Å². The summed E-state index contributed by atoms with van der Waals surface area (Å²) >= 11 is 5.37. The Bertz CT molecular complexity index is 460. The lowest BCUT2D eigenvalue weighted by atomic mass is 9.96. The molecule has 1 aromatic rings. The average molecular weight is 261 g/mol. The highest BCUT2D eigenvalue weighted by atomic mass is 32.1. The number of fused-ring (bicyclic) bond motifs is 2. The summed E-state index contributed by atoms with van der Waals surface area (Å²) in [6.45, 7) is 2.05. The SMILES string of the molecule is Cc1ccnc(NC(=S)N[C@H]2C[C@H]3CC[C@H]2C3)c1. The molecule has 0 radical (unpaired) electrons. The van der Waals surface area contributed by atoms with Crippen molar-refractivity contribution in [3.05, 3.63) is 23.9 Å². The van der Waals surface area contributed by atoms with Crippen LogP contribution in [0.15, 0.2) is 18.3 Å². The zero-order chi connectivity index (χ0) is 12.5. The second-order valence-corrected chi connectivity index (χ2v) is 6.01. The largest absolute Gasteiger partial charge is 0.359 e. The van der Waals surface area contributed by atoms with E-state index in [1.807, 2.05) is 12.1 Å². The molecule has 0 saturated heterocycles. The lowest BCUT2D eigenvalue weighted by molar-refractivity contribution is 0.392. The quantitative estimate of drug-likeness (QED) is 0.803. The van der Waals surface area contributed by atoms with E-state index in [9.17, 15) is 0 Å². The van der Waals surface area contributed by atoms with Crippen LogP contribution in [0.5, 0.6) is 0 Å². The van der Waals surface area contributed by atoms with Crippen LogP contribution in [0.3, 0.4) is 0 Å². The number of pyridine rings is 1. The molecule has 2 aliphatic rings. The van der Waals surface area contributed by atoms with Crippen LogP contribution in [0.2, 0.25) is 0 Å². The molecule has 3 atom stereocenters. The predicted octanol–water partition coefficient (Wildman–Crippen LogP) is 2.87. The molecule has 2 bridgehead atoms. The fourth-order valence-corrected chi connectivity index (χ4v) is 3.60. The van der Waals surface area contributed by atoms with Gasteiger partial charge in [0.15, 0.2) is 5.11 Å². The van der Waals surface area contributed by atoms with E-state index < -0.39 is 0 Å². The summed E-state index contributed by atoms with van der Waals surface area (Å²) in [5.41, 5.74) is 1.19. The van der Waals surface area contributed by atoms with Gasteiger partial charge in [-0.25, -0.2) is 4.98 Å². The summed E-state index contributed by atoms with van der Waals surface area (Å²) in [5, 5.41) is 7.35. The van der Waals surface area contributed by atoms with E-state index >= 15 is 0 Å². The van der Waals surface area contributed by atoms with Crippen molar-refractivity contribution in [3.63, 3.8) is 0 Å². The summed E-state index contributed by atoms with van der Waals surface area (Å²) in [7, 11) is 0. The first-order chi connectivity index (χ1) is 8.70. The zero-order valence-corrected chi connectivity index (χ0v) is 11.5. The highest BCUT2D eigenvalue weighted by molar-refractivity contribution is 7.80. The van der Waals surface area contributed by atoms with Gasteiger partial charge in [-0.05, 0) is 67.9 Å². The van der Waals surface area contributed by atoms with E-state index in [-0.39, 0.29) is 0 Å². The minimum atomic E-state index is 0.577. The van der Waals surface area contributed by atoms with Crippen molar-refractivity contribution in [2.45, 2.75) is 38.6 Å². The highest BCUT2D eigenvalue weighted by Crippen LogP contribution is 2.44. The summed E-state index contributed by atoms with van der Waals surface area (Å²) in [4.78, 5) is 4.26. The molecule has 0 unspecified atom stereocenters. The van der Waals surface area contributed by atoms with E-state index in [2.05, 4.69) is 22.5 Å². The third-order valence-electron chi connectivity index (χ3n) is 4.21. The first-order valence-corrected chi connectivity index (χ1v) is 7.12. The van der Waals surface area contributed by atoms with Crippen LogP contribution >= 0.6 is 12.2 Å². The number of anilines is 1. The van der Waals surface area contributed by atoms with Gasteiger partial charge in [0.25, 0.3) is 0 Å². The van der Waals surface area contributed by atoms with Crippen LogP contribution in [-0.2, 0) is 0 Å². The van der Waals surface area contributed by atoms with Crippen LogP contribution < -0.4 is 10.6 Å². The van der Waals surface area contributed by atoms with Crippen molar-refractivity contribution >= 4 is 23.1 Å². The maximum absolute atomic E-state index is 5.37. The molecule has 2 saturated carbocycles. The Morgan fingerprint density at radius 2 is 2.28 bits per heavy atom. The van der Waals surface area contributed by atoms with Crippen LogP contribution in [-0.4, -0.2) is 16.1 Å². The molecule has 96 valence electrons. The molecule has 0 spiro atoms. The Balaban J connectivity index is 1.56. The van der Waals surface area contributed by atoms with Gasteiger partial charge in [-0.2, -0.15) is 0 Å². The average Bonchev–Trinajstić information content (AvgIpc) is 2.90. The molecular weight excluding hydrogens is 242 g/mol. The first-order valence-electron chi connectivity index (χ1n) is 6.71. The molecule has 3 nitrogen and oxygen atoms in total. The minimum Gasteiger partial charge on any atom is -0.359 e. The van der Waals surface area contributed by atoms with E-state index in [4.69, 9.17) is 12.2 Å². The van der Waals surface area contributed by atoms with Crippen molar-refractivity contribution in [2.24, 2.45) is 11.8 Å². The van der Waals surface area contributed by atoms with E-state index in [0.29, 0.717) is 11.2 Å². The topological polar surface area (TPSA) is 37.0 Å². The maximum Gasteiger partial charge on any atom is 0.172 e. The van der Waals surface area contributed by atoms with Gasteiger partial charge in [-0.15, -0.1) is 0 Å². The molecule has 0 aliphatic heterocycles. The zero-order valence-electron chi connectivity index (χ0n) is 10.6. The van der Waals surface area contributed by atoms with Crippen molar-refractivity contribution in [1.82, 2.24) is 10.3 Å². The van der Waals surface area contributed by atoms with E-state index in [0.717, 1.165) is 17.7 Å². The first kappa shape index (κ1) is 11.9. The lowest BCUT2D eigenvalue weighted by Gasteiger charge is -2.24. The Labute approximate surface area is 113 Å². The third kappa shape index (κ3) is 2.48. The summed E-state index contributed by atoms with van der Waals surface area (Å²) in [6.07, 6.45) is 7.27.